The SMILES string of the molecule is Cc1cncc(-c2cc3c(cnn3C)cc2N)c1. The molecule has 2 heterocycles. The summed E-state index contributed by atoms with van der Waals surface area (Å²) in [6.07, 6.45) is 5.49. The zero-order chi connectivity index (χ0) is 12.7. The molecule has 1 aromatic carbocycles. The molecular formula is C14H14N4. The van der Waals surface area contributed by atoms with Gasteiger partial charge in [-0.3, -0.25) is 9.67 Å². The summed E-state index contributed by atoms with van der Waals surface area (Å²) < 4.78 is 1.85. The van der Waals surface area contributed by atoms with Crippen LogP contribution in [-0.2, 0) is 7.05 Å². The largest absolute Gasteiger partial charge is 0.398 e. The topological polar surface area (TPSA) is 56.7 Å². The first-order valence-corrected chi connectivity index (χ1v) is 5.78. The van der Waals surface area contributed by atoms with Crippen LogP contribution < -0.4 is 5.73 Å². The summed E-state index contributed by atoms with van der Waals surface area (Å²) in [6.45, 7) is 2.02. The number of aryl methyl sites for hydroxylation is 2. The lowest BCUT2D eigenvalue weighted by molar-refractivity contribution is 0.797. The van der Waals surface area contributed by atoms with E-state index >= 15 is 0 Å². The predicted molar refractivity (Wildman–Crippen MR) is 73.1 cm³/mol. The number of rotatable bonds is 1. The van der Waals surface area contributed by atoms with Crippen molar-refractivity contribution in [3.63, 3.8) is 0 Å². The summed E-state index contributed by atoms with van der Waals surface area (Å²) in [5, 5.41) is 5.29. The Balaban J connectivity index is 2.28. The first kappa shape index (κ1) is 10.8. The highest BCUT2D eigenvalue weighted by atomic mass is 15.2. The van der Waals surface area contributed by atoms with Crippen LogP contribution in [0.1, 0.15) is 5.56 Å². The van der Waals surface area contributed by atoms with Crippen molar-refractivity contribution in [2.45, 2.75) is 6.92 Å². The summed E-state index contributed by atoms with van der Waals surface area (Å²) in [5.74, 6) is 0. The van der Waals surface area contributed by atoms with Crippen LogP contribution in [0, 0.1) is 6.92 Å². The minimum Gasteiger partial charge on any atom is -0.398 e. The van der Waals surface area contributed by atoms with Crippen molar-refractivity contribution in [2.24, 2.45) is 7.05 Å². The van der Waals surface area contributed by atoms with Gasteiger partial charge >= 0.3 is 0 Å². The second-order valence-corrected chi connectivity index (χ2v) is 4.52. The van der Waals surface area contributed by atoms with Gasteiger partial charge in [0.2, 0.25) is 0 Å². The third kappa shape index (κ3) is 1.62. The molecule has 0 bridgehead atoms. The van der Waals surface area contributed by atoms with Crippen molar-refractivity contribution < 1.29 is 0 Å². The Morgan fingerprint density at radius 2 is 1.94 bits per heavy atom. The predicted octanol–water partition coefficient (Wildman–Crippen LogP) is 2.53. The van der Waals surface area contributed by atoms with Crippen LogP contribution in [0.3, 0.4) is 0 Å². The Kier molecular flexibility index (Phi) is 2.30. The zero-order valence-electron chi connectivity index (χ0n) is 10.4. The molecule has 0 aliphatic carbocycles. The fraction of sp³-hybridized carbons (Fsp3) is 0.143. The summed E-state index contributed by atoms with van der Waals surface area (Å²) >= 11 is 0. The van der Waals surface area contributed by atoms with Crippen LogP contribution in [0.5, 0.6) is 0 Å². The fourth-order valence-corrected chi connectivity index (χ4v) is 2.17. The van der Waals surface area contributed by atoms with Gasteiger partial charge in [-0.05, 0) is 30.7 Å². The molecule has 3 aromatic rings. The van der Waals surface area contributed by atoms with Crippen LogP contribution in [-0.4, -0.2) is 14.8 Å². The minimum absolute atomic E-state index is 0.753. The lowest BCUT2D eigenvalue weighted by Crippen LogP contribution is -1.94. The van der Waals surface area contributed by atoms with E-state index in [1.807, 2.05) is 43.3 Å². The van der Waals surface area contributed by atoms with Crippen molar-refractivity contribution in [2.75, 3.05) is 5.73 Å². The second kappa shape index (κ2) is 3.84. The van der Waals surface area contributed by atoms with E-state index in [0.717, 1.165) is 33.3 Å². The number of anilines is 1. The number of fused-ring (bicyclic) bond motifs is 1. The van der Waals surface area contributed by atoms with Crippen molar-refractivity contribution in [3.8, 4) is 11.1 Å². The molecule has 90 valence electrons. The lowest BCUT2D eigenvalue weighted by Gasteiger charge is -2.07. The van der Waals surface area contributed by atoms with Gasteiger partial charge in [0.25, 0.3) is 0 Å². The molecule has 4 nitrogen and oxygen atoms in total. The molecular weight excluding hydrogens is 224 g/mol. The Morgan fingerprint density at radius 1 is 1.11 bits per heavy atom. The maximum absolute atomic E-state index is 6.11. The van der Waals surface area contributed by atoms with E-state index in [4.69, 9.17) is 5.73 Å². The monoisotopic (exact) mass is 238 g/mol. The average Bonchev–Trinajstić information content (AvgIpc) is 2.69. The van der Waals surface area contributed by atoms with Gasteiger partial charge in [-0.25, -0.2) is 0 Å². The molecule has 0 aliphatic heterocycles. The van der Waals surface area contributed by atoms with Crippen LogP contribution in [0.15, 0.2) is 36.8 Å². The average molecular weight is 238 g/mol. The third-order valence-corrected chi connectivity index (χ3v) is 3.10. The molecule has 0 aliphatic rings. The molecule has 3 rings (SSSR count). The third-order valence-electron chi connectivity index (χ3n) is 3.10. The first-order valence-electron chi connectivity index (χ1n) is 5.78. The quantitative estimate of drug-likeness (QED) is 0.663. The molecule has 0 radical (unpaired) electrons. The smallest absolute Gasteiger partial charge is 0.0686 e. The number of pyridine rings is 1. The van der Waals surface area contributed by atoms with Crippen molar-refractivity contribution >= 4 is 16.6 Å². The summed E-state index contributed by atoms with van der Waals surface area (Å²) in [5.41, 5.74) is 11.1. The van der Waals surface area contributed by atoms with Crippen molar-refractivity contribution in [1.29, 1.82) is 0 Å². The first-order chi connectivity index (χ1) is 8.65. The van der Waals surface area contributed by atoms with E-state index in [0.29, 0.717) is 0 Å². The molecule has 2 aromatic heterocycles. The normalized spacial score (nSPS) is 11.0. The standard InChI is InChI=1S/C14H14N4/c1-9-3-10(7-16-6-9)12-5-14-11(4-13(12)15)8-17-18(14)2/h3-8H,15H2,1-2H3. The maximum Gasteiger partial charge on any atom is 0.0686 e. The van der Waals surface area contributed by atoms with Crippen LogP contribution in [0.4, 0.5) is 5.69 Å². The lowest BCUT2D eigenvalue weighted by atomic mass is 10.0. The number of hydrogen-bond donors (Lipinski definition) is 1. The Labute approximate surface area is 105 Å². The number of hydrogen-bond acceptors (Lipinski definition) is 3. The van der Waals surface area contributed by atoms with E-state index in [-0.39, 0.29) is 0 Å². The van der Waals surface area contributed by atoms with E-state index < -0.39 is 0 Å². The second-order valence-electron chi connectivity index (χ2n) is 4.52. The number of aromatic nitrogens is 3. The Hall–Kier alpha value is -2.36. The highest BCUT2D eigenvalue weighted by Gasteiger charge is 2.08. The number of nitrogens with two attached hydrogens (primary N) is 1. The summed E-state index contributed by atoms with van der Waals surface area (Å²) in [4.78, 5) is 4.21. The highest BCUT2D eigenvalue weighted by molar-refractivity contribution is 5.91. The molecule has 0 atom stereocenters. The van der Waals surface area contributed by atoms with Crippen LogP contribution >= 0.6 is 0 Å². The van der Waals surface area contributed by atoms with Crippen molar-refractivity contribution in [1.82, 2.24) is 14.8 Å². The van der Waals surface area contributed by atoms with E-state index in [2.05, 4.69) is 22.2 Å². The molecule has 0 spiro atoms. The van der Waals surface area contributed by atoms with E-state index in [1.54, 1.807) is 0 Å². The van der Waals surface area contributed by atoms with Crippen molar-refractivity contribution in [3.05, 3.63) is 42.4 Å². The minimum atomic E-state index is 0.753. The molecule has 2 N–H and O–H groups in total. The molecule has 4 heteroatoms. The summed E-state index contributed by atoms with van der Waals surface area (Å²) in [7, 11) is 1.93. The molecule has 0 fully saturated rings. The highest BCUT2D eigenvalue weighted by Crippen LogP contribution is 2.30. The number of benzene rings is 1. The number of nitrogen functional groups attached to an aromatic ring is 1. The van der Waals surface area contributed by atoms with Gasteiger partial charge < -0.3 is 5.73 Å². The van der Waals surface area contributed by atoms with Gasteiger partial charge in [0, 0.05) is 41.6 Å². The van der Waals surface area contributed by atoms with Gasteiger partial charge in [0.1, 0.15) is 0 Å². The van der Waals surface area contributed by atoms with Gasteiger partial charge in [-0.1, -0.05) is 0 Å². The van der Waals surface area contributed by atoms with E-state index in [1.165, 1.54) is 0 Å². The maximum atomic E-state index is 6.11. The summed E-state index contributed by atoms with van der Waals surface area (Å²) in [6, 6.07) is 6.11. The van der Waals surface area contributed by atoms with Gasteiger partial charge in [-0.15, -0.1) is 0 Å². The van der Waals surface area contributed by atoms with Crippen LogP contribution in [0.25, 0.3) is 22.0 Å². The Morgan fingerprint density at radius 3 is 2.72 bits per heavy atom. The molecule has 0 saturated heterocycles. The van der Waals surface area contributed by atoms with Crippen LogP contribution in [0.2, 0.25) is 0 Å². The fourth-order valence-electron chi connectivity index (χ4n) is 2.17. The van der Waals surface area contributed by atoms with Gasteiger partial charge in [-0.2, -0.15) is 5.10 Å². The molecule has 0 unspecified atom stereocenters. The van der Waals surface area contributed by atoms with Gasteiger partial charge in [0.15, 0.2) is 0 Å². The molecule has 0 amide bonds. The van der Waals surface area contributed by atoms with E-state index in [9.17, 15) is 0 Å². The molecule has 0 saturated carbocycles. The zero-order valence-corrected chi connectivity index (χ0v) is 10.4. The van der Waals surface area contributed by atoms with Gasteiger partial charge in [0.05, 0.1) is 11.7 Å². The molecule has 18 heavy (non-hydrogen) atoms. The number of nitrogens with zero attached hydrogens (tertiary/aromatic N) is 3. The Bertz CT molecular complexity index is 728.